The first-order valence-corrected chi connectivity index (χ1v) is 14.5. The Bertz CT molecular complexity index is 967. The Kier molecular flexibility index (Phi) is 7.57. The molecule has 1 N–H and O–H groups in total. The van der Waals surface area contributed by atoms with Gasteiger partial charge in [-0.2, -0.15) is 0 Å². The summed E-state index contributed by atoms with van der Waals surface area (Å²) in [5.74, 6) is -1.70. The van der Waals surface area contributed by atoms with Crippen molar-refractivity contribution in [2.75, 3.05) is 19.8 Å². The molecule has 2 saturated carbocycles. The molecule has 39 heavy (non-hydrogen) atoms. The number of rotatable bonds is 7. The van der Waals surface area contributed by atoms with Gasteiger partial charge in [0, 0.05) is 25.2 Å². The van der Waals surface area contributed by atoms with Crippen molar-refractivity contribution in [1.29, 1.82) is 0 Å². The fourth-order valence-electron chi connectivity index (χ4n) is 8.29. The number of fused-ring (bicyclic) bond motifs is 3. The van der Waals surface area contributed by atoms with Crippen LogP contribution >= 0.6 is 0 Å². The Morgan fingerprint density at radius 3 is 2.41 bits per heavy atom. The summed E-state index contributed by atoms with van der Waals surface area (Å²) in [4.78, 5) is 37.7. The van der Waals surface area contributed by atoms with Gasteiger partial charge in [0.2, 0.25) is 0 Å². The molecule has 0 aromatic heterocycles. The van der Waals surface area contributed by atoms with Gasteiger partial charge in [0.05, 0.1) is 36.8 Å². The van der Waals surface area contributed by atoms with E-state index < -0.39 is 52.7 Å². The number of esters is 3. The van der Waals surface area contributed by atoms with Crippen LogP contribution in [0.25, 0.3) is 0 Å². The molecule has 0 amide bonds. The second-order valence-corrected chi connectivity index (χ2v) is 12.8. The fourth-order valence-corrected chi connectivity index (χ4v) is 8.29. The largest absolute Gasteiger partial charge is 0.465 e. The molecule has 220 valence electrons. The van der Waals surface area contributed by atoms with E-state index in [9.17, 15) is 19.5 Å². The molecule has 3 saturated heterocycles. The minimum Gasteiger partial charge on any atom is -0.465 e. The minimum atomic E-state index is -1.18. The molecular weight excluding hydrogens is 508 g/mol. The summed E-state index contributed by atoms with van der Waals surface area (Å²) in [6, 6.07) is 0. The molecule has 0 bridgehead atoms. The van der Waals surface area contributed by atoms with Crippen LogP contribution in [-0.4, -0.2) is 79.1 Å². The maximum absolute atomic E-state index is 13.0. The molecule has 5 rings (SSSR count). The van der Waals surface area contributed by atoms with Crippen LogP contribution in [0.15, 0.2) is 0 Å². The zero-order chi connectivity index (χ0) is 28.3. The van der Waals surface area contributed by atoms with Gasteiger partial charge < -0.3 is 33.5 Å². The summed E-state index contributed by atoms with van der Waals surface area (Å²) >= 11 is 0. The molecule has 3 heterocycles. The normalized spacial score (nSPS) is 47.2. The van der Waals surface area contributed by atoms with E-state index in [-0.39, 0.29) is 49.8 Å². The zero-order valence-corrected chi connectivity index (χ0v) is 24.0. The topological polar surface area (TPSA) is 130 Å². The third kappa shape index (κ3) is 4.41. The quantitative estimate of drug-likeness (QED) is 0.286. The molecule has 0 radical (unpaired) electrons. The van der Waals surface area contributed by atoms with Crippen molar-refractivity contribution in [2.24, 2.45) is 34.5 Å². The second-order valence-electron chi connectivity index (χ2n) is 12.8. The lowest BCUT2D eigenvalue weighted by molar-refractivity contribution is -0.285. The van der Waals surface area contributed by atoms with Crippen molar-refractivity contribution in [3.05, 3.63) is 0 Å². The van der Waals surface area contributed by atoms with E-state index in [1.165, 1.54) is 13.8 Å². The summed E-state index contributed by atoms with van der Waals surface area (Å²) in [6.45, 7) is 11.5. The van der Waals surface area contributed by atoms with Gasteiger partial charge in [-0.1, -0.05) is 27.7 Å². The van der Waals surface area contributed by atoms with Crippen LogP contribution in [0.1, 0.15) is 73.6 Å². The molecule has 2 aliphatic carbocycles. The number of hydrogen-bond acceptors (Lipinski definition) is 10. The molecule has 5 aliphatic rings. The third-order valence-corrected chi connectivity index (χ3v) is 10.9. The van der Waals surface area contributed by atoms with Crippen LogP contribution in [0.3, 0.4) is 0 Å². The number of carbonyl (C=O) groups is 3. The Balaban J connectivity index is 1.62. The van der Waals surface area contributed by atoms with Gasteiger partial charge in [-0.3, -0.25) is 14.4 Å². The van der Waals surface area contributed by atoms with Crippen LogP contribution < -0.4 is 0 Å². The number of ether oxygens (including phenoxy) is 6. The number of epoxide rings is 1. The van der Waals surface area contributed by atoms with Crippen molar-refractivity contribution >= 4 is 17.9 Å². The van der Waals surface area contributed by atoms with E-state index >= 15 is 0 Å². The number of hydrogen-bond donors (Lipinski definition) is 1. The molecule has 0 aromatic rings. The summed E-state index contributed by atoms with van der Waals surface area (Å²) in [6.07, 6.45) is -0.0393. The predicted molar refractivity (Wildman–Crippen MR) is 136 cm³/mol. The lowest BCUT2D eigenvalue weighted by Crippen LogP contribution is -2.74. The Hall–Kier alpha value is -1.75. The number of aliphatic hydroxyl groups excluding tert-OH is 1. The van der Waals surface area contributed by atoms with E-state index in [2.05, 4.69) is 13.8 Å². The maximum atomic E-state index is 13.0. The highest BCUT2D eigenvalue weighted by Crippen LogP contribution is 2.70. The smallest absolute Gasteiger partial charge is 0.309 e. The average molecular weight is 553 g/mol. The summed E-state index contributed by atoms with van der Waals surface area (Å²) in [7, 11) is 0. The summed E-state index contributed by atoms with van der Waals surface area (Å²) in [5, 5.41) is 11.6. The monoisotopic (exact) mass is 552 g/mol. The van der Waals surface area contributed by atoms with E-state index in [1.54, 1.807) is 6.92 Å². The van der Waals surface area contributed by atoms with E-state index in [4.69, 9.17) is 28.4 Å². The van der Waals surface area contributed by atoms with E-state index in [0.29, 0.717) is 25.4 Å². The molecular formula is C29H44O10. The first-order valence-electron chi connectivity index (χ1n) is 14.5. The molecule has 1 spiro atoms. The van der Waals surface area contributed by atoms with Gasteiger partial charge in [-0.25, -0.2) is 0 Å². The molecule has 12 atom stereocenters. The van der Waals surface area contributed by atoms with Crippen molar-refractivity contribution in [3.63, 3.8) is 0 Å². The van der Waals surface area contributed by atoms with E-state index in [1.807, 2.05) is 6.92 Å². The zero-order valence-electron chi connectivity index (χ0n) is 24.0. The molecule has 10 heteroatoms. The molecule has 0 aromatic carbocycles. The summed E-state index contributed by atoms with van der Waals surface area (Å²) in [5.41, 5.74) is -2.75. The molecule has 10 nitrogen and oxygen atoms in total. The van der Waals surface area contributed by atoms with Gasteiger partial charge in [-0.05, 0) is 43.9 Å². The number of carbonyl (C=O) groups excluding carboxylic acids is 3. The van der Waals surface area contributed by atoms with Crippen LogP contribution in [0.5, 0.6) is 0 Å². The van der Waals surface area contributed by atoms with Gasteiger partial charge in [-0.15, -0.1) is 0 Å². The van der Waals surface area contributed by atoms with Gasteiger partial charge >= 0.3 is 17.9 Å². The first-order chi connectivity index (χ1) is 18.4. The lowest BCUT2D eigenvalue weighted by atomic mass is 9.41. The maximum Gasteiger partial charge on any atom is 0.309 e. The van der Waals surface area contributed by atoms with Crippen molar-refractivity contribution in [1.82, 2.24) is 0 Å². The highest BCUT2D eigenvalue weighted by molar-refractivity contribution is 5.72. The third-order valence-electron chi connectivity index (χ3n) is 10.9. The Morgan fingerprint density at radius 1 is 1.10 bits per heavy atom. The van der Waals surface area contributed by atoms with Crippen molar-refractivity contribution in [2.45, 2.75) is 110 Å². The minimum absolute atomic E-state index is 0.0309. The standard InChI is InChI=1S/C29H44O10/c1-7-15(2)25(33)39-24-20(32)12-21-27(6,22-11-19-8-9-34-26(19)38-22)16(3)10-23(37-18(5)31)28(21,13-35-17(4)30)29(24)14-36-29/h15-16,19-24,26,32H,7-14H2,1-6H3/t15-,16+,19+,20+,21+,22-,23-,24-,26-,27-,28-,29+/m0/s1. The Morgan fingerprint density at radius 2 is 1.82 bits per heavy atom. The van der Waals surface area contributed by atoms with Crippen molar-refractivity contribution in [3.8, 4) is 0 Å². The first kappa shape index (κ1) is 28.8. The van der Waals surface area contributed by atoms with Crippen LogP contribution in [-0.2, 0) is 42.8 Å². The number of aliphatic hydroxyl groups is 1. The Labute approximate surface area is 230 Å². The van der Waals surface area contributed by atoms with Crippen LogP contribution in [0, 0.1) is 34.5 Å². The average Bonchev–Trinajstić information content (AvgIpc) is 3.36. The van der Waals surface area contributed by atoms with Crippen LogP contribution in [0.2, 0.25) is 0 Å². The lowest BCUT2D eigenvalue weighted by Gasteiger charge is -2.65. The molecule has 0 unspecified atom stereocenters. The summed E-state index contributed by atoms with van der Waals surface area (Å²) < 4.78 is 36.4. The van der Waals surface area contributed by atoms with Gasteiger partial charge in [0.25, 0.3) is 0 Å². The highest BCUT2D eigenvalue weighted by Gasteiger charge is 2.81. The van der Waals surface area contributed by atoms with Gasteiger partial charge in [0.1, 0.15) is 18.3 Å². The predicted octanol–water partition coefficient (Wildman–Crippen LogP) is 2.77. The fraction of sp³-hybridized carbons (Fsp3) is 0.897. The molecule has 5 fully saturated rings. The van der Waals surface area contributed by atoms with Gasteiger partial charge in [0.15, 0.2) is 12.4 Å². The molecule has 3 aliphatic heterocycles. The van der Waals surface area contributed by atoms with Crippen LogP contribution in [0.4, 0.5) is 0 Å². The SMILES string of the molecule is CC[C@H](C)C(=O)O[C@H]1[C@H](O)C[C@@H]2[C@@](C)([C@@H]3C[C@H]4CCO[C@H]4O3)[C@H](C)C[C@H](OC(C)=O)[C@@]2(COC(C)=O)[C@@]12CO2. The highest BCUT2D eigenvalue weighted by atomic mass is 16.7. The second kappa shape index (κ2) is 10.3. The van der Waals surface area contributed by atoms with E-state index in [0.717, 1.165) is 12.8 Å². The van der Waals surface area contributed by atoms with Crippen molar-refractivity contribution < 1.29 is 47.9 Å².